The number of nitriles is 1. The molecule has 5 rings (SSSR count). The average Bonchev–Trinajstić information content (AvgIpc) is 3.60. The first kappa shape index (κ1) is 24.3. The summed E-state index contributed by atoms with van der Waals surface area (Å²) in [6.07, 6.45) is 4.05. The van der Waals surface area contributed by atoms with E-state index in [2.05, 4.69) is 11.2 Å². The van der Waals surface area contributed by atoms with Gasteiger partial charge in [-0.1, -0.05) is 40.5 Å². The number of nitrogens with zero attached hydrogens (tertiary/aromatic N) is 2. The van der Waals surface area contributed by atoms with E-state index in [1.807, 2.05) is 0 Å². The molecule has 0 spiro atoms. The van der Waals surface area contributed by atoms with E-state index in [9.17, 15) is 9.50 Å². The fourth-order valence-corrected chi connectivity index (χ4v) is 5.46. The van der Waals surface area contributed by atoms with Crippen LogP contribution in [0, 0.1) is 17.1 Å². The van der Waals surface area contributed by atoms with E-state index < -0.39 is 11.4 Å². The molecule has 8 heteroatoms. The van der Waals surface area contributed by atoms with E-state index >= 15 is 0 Å². The normalized spacial score (nSPS) is 22.2. The van der Waals surface area contributed by atoms with E-state index in [0.717, 1.165) is 24.2 Å². The molecule has 2 aromatic carbocycles. The van der Waals surface area contributed by atoms with Crippen LogP contribution in [0.1, 0.15) is 66.9 Å². The Morgan fingerprint density at radius 1 is 1.14 bits per heavy atom. The van der Waals surface area contributed by atoms with Gasteiger partial charge in [0.15, 0.2) is 0 Å². The van der Waals surface area contributed by atoms with Crippen molar-refractivity contribution in [3.8, 4) is 17.3 Å². The van der Waals surface area contributed by atoms with Crippen molar-refractivity contribution in [2.75, 3.05) is 0 Å². The summed E-state index contributed by atoms with van der Waals surface area (Å²) in [7, 11) is 0. The molecule has 35 heavy (non-hydrogen) atoms. The lowest BCUT2D eigenvalue weighted by Crippen LogP contribution is -2.35. The van der Waals surface area contributed by atoms with Crippen molar-refractivity contribution in [1.29, 1.82) is 5.26 Å². The Hall–Kier alpha value is -2.43. The van der Waals surface area contributed by atoms with Crippen LogP contribution in [0.2, 0.25) is 10.0 Å². The second-order valence-corrected chi connectivity index (χ2v) is 10.3. The molecule has 0 amide bonds. The van der Waals surface area contributed by atoms with Crippen molar-refractivity contribution in [3.05, 3.63) is 74.7 Å². The van der Waals surface area contributed by atoms with Gasteiger partial charge in [-0.3, -0.25) is 0 Å². The Balaban J connectivity index is 1.31. The lowest BCUT2D eigenvalue weighted by molar-refractivity contribution is -0.0656. The molecular weight excluding hydrogens is 490 g/mol. The van der Waals surface area contributed by atoms with Gasteiger partial charge in [-0.2, -0.15) is 5.26 Å². The van der Waals surface area contributed by atoms with Gasteiger partial charge in [-0.25, -0.2) is 4.39 Å². The molecule has 0 saturated heterocycles. The van der Waals surface area contributed by atoms with Crippen LogP contribution in [0.4, 0.5) is 4.39 Å². The number of aromatic nitrogens is 1. The molecule has 2 saturated carbocycles. The number of rotatable bonds is 7. The molecule has 3 aromatic rings. The third-order valence-electron chi connectivity index (χ3n) is 7.00. The monoisotopic (exact) mass is 514 g/mol. The summed E-state index contributed by atoms with van der Waals surface area (Å²) < 4.78 is 26.5. The number of hydrogen-bond donors (Lipinski definition) is 1. The second-order valence-electron chi connectivity index (χ2n) is 9.44. The smallest absolute Gasteiger partial charge is 0.145 e. The molecule has 5 nitrogen and oxygen atoms in total. The van der Waals surface area contributed by atoms with Crippen LogP contribution in [0.25, 0.3) is 11.3 Å². The van der Waals surface area contributed by atoms with Crippen LogP contribution in [-0.2, 0) is 23.4 Å². The van der Waals surface area contributed by atoms with E-state index in [1.54, 1.807) is 30.3 Å². The van der Waals surface area contributed by atoms with Gasteiger partial charge < -0.3 is 14.4 Å². The lowest BCUT2D eigenvalue weighted by atomic mass is 9.78. The summed E-state index contributed by atoms with van der Waals surface area (Å²) in [5.74, 6) is 0.698. The van der Waals surface area contributed by atoms with Gasteiger partial charge in [-0.15, -0.1) is 0 Å². The molecule has 1 aromatic heterocycles. The van der Waals surface area contributed by atoms with Gasteiger partial charge >= 0.3 is 0 Å². The summed E-state index contributed by atoms with van der Waals surface area (Å²) in [6.45, 7) is 0.293. The summed E-state index contributed by atoms with van der Waals surface area (Å²) >= 11 is 12.9. The maximum atomic E-state index is 14.6. The Labute approximate surface area is 213 Å². The zero-order valence-corrected chi connectivity index (χ0v) is 20.6. The number of hydrogen-bond acceptors (Lipinski definition) is 5. The van der Waals surface area contributed by atoms with Gasteiger partial charge in [0.1, 0.15) is 17.3 Å². The van der Waals surface area contributed by atoms with Crippen LogP contribution in [0.15, 0.2) is 40.9 Å². The van der Waals surface area contributed by atoms with Gasteiger partial charge in [-0.05, 0) is 68.4 Å². The van der Waals surface area contributed by atoms with Gasteiger partial charge in [0, 0.05) is 22.6 Å². The summed E-state index contributed by atoms with van der Waals surface area (Å²) in [5.41, 5.74) is 1.78. The van der Waals surface area contributed by atoms with Gasteiger partial charge in [0.2, 0.25) is 0 Å². The highest BCUT2D eigenvalue weighted by atomic mass is 35.5. The predicted octanol–water partition coefficient (Wildman–Crippen LogP) is 7.08. The molecule has 0 radical (unpaired) electrons. The predicted molar refractivity (Wildman–Crippen MR) is 131 cm³/mol. The van der Waals surface area contributed by atoms with Crippen molar-refractivity contribution in [2.45, 2.75) is 69.2 Å². The highest BCUT2D eigenvalue weighted by molar-refractivity contribution is 6.39. The topological polar surface area (TPSA) is 79.3 Å². The van der Waals surface area contributed by atoms with E-state index in [4.69, 9.17) is 37.7 Å². The summed E-state index contributed by atoms with van der Waals surface area (Å²) in [5, 5.41) is 25.5. The van der Waals surface area contributed by atoms with Crippen LogP contribution in [0.5, 0.6) is 0 Å². The maximum absolute atomic E-state index is 14.6. The largest absolute Gasteiger partial charge is 0.385 e. The van der Waals surface area contributed by atoms with Crippen LogP contribution in [-0.4, -0.2) is 16.4 Å². The first-order valence-electron chi connectivity index (χ1n) is 11.8. The Morgan fingerprint density at radius 3 is 2.51 bits per heavy atom. The van der Waals surface area contributed by atoms with Crippen molar-refractivity contribution < 1.29 is 18.8 Å². The maximum Gasteiger partial charge on any atom is 0.145 e. The quantitative estimate of drug-likeness (QED) is 0.364. The molecule has 1 N–H and O–H groups in total. The Morgan fingerprint density at radius 2 is 1.86 bits per heavy atom. The summed E-state index contributed by atoms with van der Waals surface area (Å²) in [6, 6.07) is 11.9. The molecule has 0 unspecified atom stereocenters. The van der Waals surface area contributed by atoms with Crippen molar-refractivity contribution in [1.82, 2.24) is 5.16 Å². The van der Waals surface area contributed by atoms with E-state index in [0.29, 0.717) is 65.1 Å². The zero-order valence-electron chi connectivity index (χ0n) is 19.1. The minimum absolute atomic E-state index is 0.0999. The fourth-order valence-electron chi connectivity index (χ4n) is 4.88. The molecule has 0 atom stereocenters. The summed E-state index contributed by atoms with van der Waals surface area (Å²) in [4.78, 5) is 0. The molecule has 0 bridgehead atoms. The highest BCUT2D eigenvalue weighted by Crippen LogP contribution is 2.46. The average molecular weight is 515 g/mol. The van der Waals surface area contributed by atoms with Gasteiger partial charge in [0.25, 0.3) is 0 Å². The molecule has 182 valence electrons. The molecule has 2 aliphatic carbocycles. The van der Waals surface area contributed by atoms with E-state index in [1.165, 1.54) is 6.07 Å². The molecule has 2 aliphatic rings. The van der Waals surface area contributed by atoms with Crippen LogP contribution >= 0.6 is 23.2 Å². The standard InChI is InChI=1S/C27H25Cl2FN2O3/c28-21-2-1-3-22(29)24(21)25-19(26(35-32-25)17-5-6-17)15-34-18-8-11-27(33,12-9-18)20-14-16(10-13-31)4-7-23(20)30/h1-4,7,14,17-18,33H,5-6,8-12,15H2. The third kappa shape index (κ3) is 4.96. The first-order chi connectivity index (χ1) is 16.9. The molecular formula is C27H25Cl2FN2O3. The van der Waals surface area contributed by atoms with Crippen LogP contribution < -0.4 is 0 Å². The first-order valence-corrected chi connectivity index (χ1v) is 12.6. The lowest BCUT2D eigenvalue weighted by Gasteiger charge is -2.36. The van der Waals surface area contributed by atoms with Gasteiger partial charge in [0.05, 0.1) is 40.8 Å². The minimum Gasteiger partial charge on any atom is -0.385 e. The zero-order chi connectivity index (χ0) is 24.6. The number of benzene rings is 2. The molecule has 1 heterocycles. The van der Waals surface area contributed by atoms with Crippen molar-refractivity contribution in [2.24, 2.45) is 0 Å². The van der Waals surface area contributed by atoms with E-state index in [-0.39, 0.29) is 18.1 Å². The number of aliphatic hydroxyl groups is 1. The molecule has 2 fully saturated rings. The number of ether oxygens (including phenoxy) is 1. The SMILES string of the molecule is N#CCc1ccc(F)c(C2(O)CCC(OCc3c(-c4c(Cl)cccc4Cl)noc3C3CC3)CC2)c1. The Kier molecular flexibility index (Phi) is 6.87. The fraction of sp³-hybridized carbons (Fsp3) is 0.407. The molecule has 0 aliphatic heterocycles. The highest BCUT2D eigenvalue weighted by Gasteiger charge is 2.38. The number of halogens is 3. The Bertz CT molecular complexity index is 1250. The van der Waals surface area contributed by atoms with Crippen molar-refractivity contribution in [3.63, 3.8) is 0 Å². The van der Waals surface area contributed by atoms with Crippen LogP contribution in [0.3, 0.4) is 0 Å². The minimum atomic E-state index is -1.28. The second kappa shape index (κ2) is 9.91. The third-order valence-corrected chi connectivity index (χ3v) is 7.63. The van der Waals surface area contributed by atoms with Crippen molar-refractivity contribution >= 4 is 23.2 Å².